The Balaban J connectivity index is 1.89. The number of hydrogen-bond acceptors (Lipinski definition) is 4. The number of amidine groups is 1. The van der Waals surface area contributed by atoms with Crippen molar-refractivity contribution in [1.82, 2.24) is 5.32 Å². The molecule has 3 rings (SSSR count). The van der Waals surface area contributed by atoms with E-state index in [0.29, 0.717) is 18.1 Å². The van der Waals surface area contributed by atoms with Crippen LogP contribution in [0.4, 0.5) is 10.1 Å². The maximum atomic E-state index is 13.1. The van der Waals surface area contributed by atoms with Crippen LogP contribution in [0.25, 0.3) is 0 Å². The molecule has 6 nitrogen and oxygen atoms in total. The molecule has 0 spiro atoms. The highest BCUT2D eigenvalue weighted by molar-refractivity contribution is 7.90. The van der Waals surface area contributed by atoms with Crippen LogP contribution >= 0.6 is 0 Å². The van der Waals surface area contributed by atoms with E-state index in [1.165, 1.54) is 18.2 Å². The zero-order valence-electron chi connectivity index (χ0n) is 15.9. The van der Waals surface area contributed by atoms with E-state index < -0.39 is 15.9 Å². The summed E-state index contributed by atoms with van der Waals surface area (Å²) in [5, 5.41) is 2.81. The van der Waals surface area contributed by atoms with E-state index in [2.05, 4.69) is 9.71 Å². The van der Waals surface area contributed by atoms with Crippen LogP contribution < -0.4 is 10.2 Å². The molecule has 0 aliphatic carbocycles. The van der Waals surface area contributed by atoms with Crippen LogP contribution in [0.2, 0.25) is 0 Å². The summed E-state index contributed by atoms with van der Waals surface area (Å²) in [7, 11) is -3.86. The van der Waals surface area contributed by atoms with Crippen LogP contribution in [0.1, 0.15) is 49.2 Å². The average Bonchev–Trinajstić information content (AvgIpc) is 2.65. The predicted molar refractivity (Wildman–Crippen MR) is 107 cm³/mol. The summed E-state index contributed by atoms with van der Waals surface area (Å²) in [4.78, 5) is 14.5. The normalized spacial score (nSPS) is 16.1. The van der Waals surface area contributed by atoms with Crippen LogP contribution in [0.5, 0.6) is 0 Å². The summed E-state index contributed by atoms with van der Waals surface area (Å²) >= 11 is 0. The van der Waals surface area contributed by atoms with E-state index in [0.717, 1.165) is 12.0 Å². The van der Waals surface area contributed by atoms with Gasteiger partial charge in [-0.15, -0.1) is 4.40 Å². The Kier molecular flexibility index (Phi) is 5.51. The maximum Gasteiger partial charge on any atom is 0.286 e. The minimum absolute atomic E-state index is 0.0219. The summed E-state index contributed by atoms with van der Waals surface area (Å²) in [6.45, 7) is 6.05. The Morgan fingerprint density at radius 3 is 2.54 bits per heavy atom. The van der Waals surface area contributed by atoms with E-state index in [1.54, 1.807) is 38.1 Å². The van der Waals surface area contributed by atoms with Gasteiger partial charge in [0.2, 0.25) is 0 Å². The number of nitrogens with zero attached hydrogens (tertiary/aromatic N) is 2. The molecule has 1 amide bonds. The molecule has 1 N–H and O–H groups in total. The SMILES string of the molecule is CCCN1C(C)=NS(=O)(=O)c2cc(C(=O)NC(C)c3ccc(F)cc3)ccc21. The second-order valence-corrected chi connectivity index (χ2v) is 8.27. The Hall–Kier alpha value is -2.74. The van der Waals surface area contributed by atoms with Crippen molar-refractivity contribution in [1.29, 1.82) is 0 Å². The highest BCUT2D eigenvalue weighted by Crippen LogP contribution is 2.32. The number of carbonyl (C=O) groups excluding carboxylic acids is 1. The van der Waals surface area contributed by atoms with Crippen LogP contribution in [0.15, 0.2) is 51.8 Å². The monoisotopic (exact) mass is 403 g/mol. The number of carbonyl (C=O) groups is 1. The highest BCUT2D eigenvalue weighted by atomic mass is 32.2. The summed E-state index contributed by atoms with van der Waals surface area (Å²) < 4.78 is 41.9. The highest BCUT2D eigenvalue weighted by Gasteiger charge is 2.29. The molecule has 1 heterocycles. The molecule has 1 aliphatic rings. The topological polar surface area (TPSA) is 78.8 Å². The fraction of sp³-hybridized carbons (Fsp3) is 0.300. The molecule has 0 fully saturated rings. The van der Waals surface area contributed by atoms with E-state index in [-0.39, 0.29) is 22.3 Å². The van der Waals surface area contributed by atoms with Gasteiger partial charge in [-0.05, 0) is 56.2 Å². The lowest BCUT2D eigenvalue weighted by Gasteiger charge is -2.29. The van der Waals surface area contributed by atoms with Gasteiger partial charge in [0.15, 0.2) is 0 Å². The number of benzene rings is 2. The number of anilines is 1. The smallest absolute Gasteiger partial charge is 0.286 e. The predicted octanol–water partition coefficient (Wildman–Crippen LogP) is 3.65. The minimum atomic E-state index is -3.86. The first-order valence-corrected chi connectivity index (χ1v) is 10.5. The lowest BCUT2D eigenvalue weighted by Crippen LogP contribution is -2.35. The number of rotatable bonds is 5. The molecule has 0 radical (unpaired) electrons. The molecule has 0 aromatic heterocycles. The summed E-state index contributed by atoms with van der Waals surface area (Å²) in [5.74, 6) is -0.353. The number of hydrogen-bond donors (Lipinski definition) is 1. The third kappa shape index (κ3) is 3.91. The summed E-state index contributed by atoms with van der Waals surface area (Å²) in [5.41, 5.74) is 1.50. The molecule has 28 heavy (non-hydrogen) atoms. The first kappa shape index (κ1) is 20.0. The molecule has 1 atom stereocenters. The van der Waals surface area contributed by atoms with Crippen molar-refractivity contribution >= 4 is 27.5 Å². The molecule has 2 aromatic carbocycles. The Bertz CT molecular complexity index is 1030. The zero-order chi connectivity index (χ0) is 20.5. The van der Waals surface area contributed by atoms with Gasteiger partial charge in [0.25, 0.3) is 15.9 Å². The van der Waals surface area contributed by atoms with E-state index in [9.17, 15) is 17.6 Å². The van der Waals surface area contributed by atoms with Crippen molar-refractivity contribution in [2.24, 2.45) is 4.40 Å². The minimum Gasteiger partial charge on any atom is -0.346 e. The summed E-state index contributed by atoms with van der Waals surface area (Å²) in [6.07, 6.45) is 0.823. The van der Waals surface area contributed by atoms with Gasteiger partial charge in [-0.1, -0.05) is 19.1 Å². The van der Waals surface area contributed by atoms with Crippen molar-refractivity contribution < 1.29 is 17.6 Å². The molecule has 1 unspecified atom stereocenters. The van der Waals surface area contributed by atoms with Crippen molar-refractivity contribution in [2.75, 3.05) is 11.4 Å². The Labute approximate surface area is 164 Å². The lowest BCUT2D eigenvalue weighted by molar-refractivity contribution is 0.0939. The maximum absolute atomic E-state index is 13.1. The van der Waals surface area contributed by atoms with Gasteiger partial charge in [0.05, 0.1) is 11.7 Å². The molecule has 0 saturated heterocycles. The number of fused-ring (bicyclic) bond motifs is 1. The summed E-state index contributed by atoms with van der Waals surface area (Å²) in [6, 6.07) is 10.1. The van der Waals surface area contributed by atoms with E-state index in [1.807, 2.05) is 11.8 Å². The standard InChI is InChI=1S/C20H22FN3O3S/c1-4-11-24-14(3)23-28(26,27)19-12-16(7-10-18(19)24)20(25)22-13(2)15-5-8-17(21)9-6-15/h5-10,12-13H,4,11H2,1-3H3,(H,22,25). The first-order chi connectivity index (χ1) is 13.2. The number of halogens is 1. The molecule has 148 valence electrons. The van der Waals surface area contributed by atoms with Crippen LogP contribution in [0.3, 0.4) is 0 Å². The third-order valence-corrected chi connectivity index (χ3v) is 5.99. The molecule has 1 aliphatic heterocycles. The fourth-order valence-corrected chi connectivity index (χ4v) is 4.42. The molecule has 0 saturated carbocycles. The van der Waals surface area contributed by atoms with Gasteiger partial charge in [0, 0.05) is 12.1 Å². The van der Waals surface area contributed by atoms with Gasteiger partial charge in [-0.25, -0.2) is 4.39 Å². The van der Waals surface area contributed by atoms with Crippen molar-refractivity contribution in [3.05, 3.63) is 59.4 Å². The van der Waals surface area contributed by atoms with Gasteiger partial charge in [0.1, 0.15) is 16.5 Å². The van der Waals surface area contributed by atoms with Crippen LogP contribution in [-0.2, 0) is 10.0 Å². The van der Waals surface area contributed by atoms with Gasteiger partial charge in [-0.3, -0.25) is 4.79 Å². The Morgan fingerprint density at radius 2 is 1.89 bits per heavy atom. The molecule has 2 aromatic rings. The largest absolute Gasteiger partial charge is 0.346 e. The van der Waals surface area contributed by atoms with E-state index in [4.69, 9.17) is 0 Å². The first-order valence-electron chi connectivity index (χ1n) is 9.02. The van der Waals surface area contributed by atoms with E-state index >= 15 is 0 Å². The van der Waals surface area contributed by atoms with Gasteiger partial charge >= 0.3 is 0 Å². The lowest BCUT2D eigenvalue weighted by atomic mass is 10.1. The molecular weight excluding hydrogens is 381 g/mol. The van der Waals surface area contributed by atoms with Crippen molar-refractivity contribution in [3.8, 4) is 0 Å². The third-order valence-electron chi connectivity index (χ3n) is 4.60. The zero-order valence-corrected chi connectivity index (χ0v) is 16.8. The van der Waals surface area contributed by atoms with Gasteiger partial charge in [-0.2, -0.15) is 8.42 Å². The molecule has 0 bridgehead atoms. The molecular formula is C20H22FN3O3S. The van der Waals surface area contributed by atoms with Crippen molar-refractivity contribution in [2.45, 2.75) is 38.1 Å². The van der Waals surface area contributed by atoms with Gasteiger partial charge < -0.3 is 10.2 Å². The van der Waals surface area contributed by atoms with Crippen molar-refractivity contribution in [3.63, 3.8) is 0 Å². The number of nitrogens with one attached hydrogen (secondary N) is 1. The average molecular weight is 403 g/mol. The van der Waals surface area contributed by atoms with Crippen LogP contribution in [0, 0.1) is 5.82 Å². The second kappa shape index (κ2) is 7.71. The molecule has 8 heteroatoms. The Morgan fingerprint density at radius 1 is 1.21 bits per heavy atom. The number of amides is 1. The second-order valence-electron chi connectivity index (χ2n) is 6.69. The van der Waals surface area contributed by atoms with Crippen LogP contribution in [-0.4, -0.2) is 26.7 Å². The fourth-order valence-electron chi connectivity index (χ4n) is 3.15. The quantitative estimate of drug-likeness (QED) is 0.826. The number of sulfonamides is 1.